The Morgan fingerprint density at radius 1 is 1.39 bits per heavy atom. The van der Waals surface area contributed by atoms with Gasteiger partial charge in [0.1, 0.15) is 18.2 Å². The van der Waals surface area contributed by atoms with E-state index in [1.807, 2.05) is 6.92 Å². The Kier molecular flexibility index (Phi) is 4.78. The van der Waals surface area contributed by atoms with Crippen molar-refractivity contribution < 1.29 is 14.3 Å². The Morgan fingerprint density at radius 2 is 2.22 bits per heavy atom. The van der Waals surface area contributed by atoms with Crippen molar-refractivity contribution in [2.75, 3.05) is 18.5 Å². The molecule has 0 aliphatic carbocycles. The first-order valence-electron chi connectivity index (χ1n) is 7.06. The average molecular weight is 352 g/mol. The number of amides is 1. The van der Waals surface area contributed by atoms with Crippen LogP contribution < -0.4 is 14.8 Å². The number of carbonyl (C=O) groups excluding carboxylic acids is 1. The van der Waals surface area contributed by atoms with Gasteiger partial charge in [-0.15, -0.1) is 10.2 Å². The van der Waals surface area contributed by atoms with Gasteiger partial charge in [-0.1, -0.05) is 29.9 Å². The standard InChI is InChI=1S/C15H14ClN3O3S/c1-2-13-18-19-15(23-13)17-12(20)4-3-9-7-10(16)14-11(8-9)21-5-6-22-14/h3-4,7-8H,2,5-6H2,1H3,(H,17,19,20)/b4-3+. The largest absolute Gasteiger partial charge is 0.486 e. The Labute approximate surface area is 142 Å². The lowest BCUT2D eigenvalue weighted by Gasteiger charge is -2.19. The van der Waals surface area contributed by atoms with Crippen LogP contribution >= 0.6 is 22.9 Å². The van der Waals surface area contributed by atoms with Gasteiger partial charge in [0.05, 0.1) is 5.02 Å². The molecule has 1 N–H and O–H groups in total. The van der Waals surface area contributed by atoms with Crippen molar-refractivity contribution in [1.29, 1.82) is 0 Å². The van der Waals surface area contributed by atoms with Crippen molar-refractivity contribution in [2.24, 2.45) is 0 Å². The molecule has 2 aromatic rings. The summed E-state index contributed by atoms with van der Waals surface area (Å²) in [6.07, 6.45) is 3.86. The second-order valence-electron chi connectivity index (χ2n) is 4.70. The number of hydrogen-bond donors (Lipinski definition) is 1. The fraction of sp³-hybridized carbons (Fsp3) is 0.267. The third-order valence-corrected chi connectivity index (χ3v) is 4.31. The zero-order chi connectivity index (χ0) is 16.2. The minimum atomic E-state index is -0.283. The predicted molar refractivity (Wildman–Crippen MR) is 89.4 cm³/mol. The Balaban J connectivity index is 1.69. The van der Waals surface area contributed by atoms with E-state index < -0.39 is 0 Å². The molecule has 0 fully saturated rings. The van der Waals surface area contributed by atoms with E-state index in [9.17, 15) is 4.79 Å². The molecular formula is C15H14ClN3O3S. The van der Waals surface area contributed by atoms with Crippen LogP contribution in [-0.2, 0) is 11.2 Å². The molecule has 1 aliphatic heterocycles. The average Bonchev–Trinajstić information content (AvgIpc) is 3.00. The summed E-state index contributed by atoms with van der Waals surface area (Å²) in [5.41, 5.74) is 0.751. The number of carbonyl (C=O) groups is 1. The van der Waals surface area contributed by atoms with Gasteiger partial charge in [-0.2, -0.15) is 0 Å². The first kappa shape index (κ1) is 15.8. The van der Waals surface area contributed by atoms with Crippen molar-refractivity contribution >= 4 is 40.1 Å². The third kappa shape index (κ3) is 3.80. The van der Waals surface area contributed by atoms with Crippen LogP contribution in [0.4, 0.5) is 5.13 Å². The molecule has 1 aliphatic rings. The Bertz CT molecular complexity index is 760. The van der Waals surface area contributed by atoms with Gasteiger partial charge in [0.15, 0.2) is 11.5 Å². The zero-order valence-corrected chi connectivity index (χ0v) is 13.9. The number of anilines is 1. The lowest BCUT2D eigenvalue weighted by molar-refractivity contribution is -0.111. The number of nitrogens with zero attached hydrogens (tertiary/aromatic N) is 2. The lowest BCUT2D eigenvalue weighted by atomic mass is 10.1. The molecule has 1 aromatic heterocycles. The van der Waals surface area contributed by atoms with E-state index in [1.165, 1.54) is 17.4 Å². The highest BCUT2D eigenvalue weighted by molar-refractivity contribution is 7.15. The lowest BCUT2D eigenvalue weighted by Crippen LogP contribution is -2.15. The number of halogens is 1. The Morgan fingerprint density at radius 3 is 3.00 bits per heavy atom. The molecule has 6 nitrogen and oxygen atoms in total. The van der Waals surface area contributed by atoms with E-state index in [0.717, 1.165) is 17.0 Å². The normalized spacial score (nSPS) is 13.3. The molecule has 0 atom stereocenters. The van der Waals surface area contributed by atoms with Gasteiger partial charge in [0.25, 0.3) is 0 Å². The molecular weight excluding hydrogens is 338 g/mol. The van der Waals surface area contributed by atoms with E-state index in [2.05, 4.69) is 15.5 Å². The summed E-state index contributed by atoms with van der Waals surface area (Å²) in [5, 5.41) is 12.3. The molecule has 0 saturated carbocycles. The van der Waals surface area contributed by atoms with Crippen LogP contribution in [-0.4, -0.2) is 29.3 Å². The maximum absolute atomic E-state index is 11.9. The summed E-state index contributed by atoms with van der Waals surface area (Å²) in [5.74, 6) is 0.843. The van der Waals surface area contributed by atoms with E-state index >= 15 is 0 Å². The second-order valence-corrected chi connectivity index (χ2v) is 6.17. The molecule has 3 rings (SSSR count). The number of benzene rings is 1. The second kappa shape index (κ2) is 6.97. The third-order valence-electron chi connectivity index (χ3n) is 3.05. The minimum Gasteiger partial charge on any atom is -0.486 e. The smallest absolute Gasteiger partial charge is 0.250 e. The topological polar surface area (TPSA) is 73.3 Å². The summed E-state index contributed by atoms with van der Waals surface area (Å²) in [6.45, 7) is 2.94. The number of ether oxygens (including phenoxy) is 2. The molecule has 0 saturated heterocycles. The predicted octanol–water partition coefficient (Wildman–Crippen LogP) is 3.18. The van der Waals surface area contributed by atoms with Gasteiger partial charge < -0.3 is 9.47 Å². The molecule has 23 heavy (non-hydrogen) atoms. The van der Waals surface area contributed by atoms with Crippen molar-refractivity contribution in [3.63, 3.8) is 0 Å². The summed E-state index contributed by atoms with van der Waals surface area (Å²) < 4.78 is 11.0. The highest BCUT2D eigenvalue weighted by Gasteiger charge is 2.16. The molecule has 0 unspecified atom stereocenters. The summed E-state index contributed by atoms with van der Waals surface area (Å²) in [4.78, 5) is 11.9. The zero-order valence-electron chi connectivity index (χ0n) is 12.3. The molecule has 1 aromatic carbocycles. The van der Waals surface area contributed by atoms with E-state index in [4.69, 9.17) is 21.1 Å². The number of rotatable bonds is 4. The van der Waals surface area contributed by atoms with Gasteiger partial charge in [0, 0.05) is 6.08 Å². The first-order chi connectivity index (χ1) is 11.2. The highest BCUT2D eigenvalue weighted by atomic mass is 35.5. The van der Waals surface area contributed by atoms with Crippen LogP contribution in [0, 0.1) is 0 Å². The van der Waals surface area contributed by atoms with Gasteiger partial charge in [-0.3, -0.25) is 10.1 Å². The van der Waals surface area contributed by atoms with Crippen LogP contribution in [0.5, 0.6) is 11.5 Å². The number of aryl methyl sites for hydroxylation is 1. The fourth-order valence-electron chi connectivity index (χ4n) is 1.99. The van der Waals surface area contributed by atoms with Crippen molar-refractivity contribution in [3.05, 3.63) is 33.8 Å². The maximum Gasteiger partial charge on any atom is 0.250 e. The van der Waals surface area contributed by atoms with Gasteiger partial charge in [-0.25, -0.2) is 0 Å². The maximum atomic E-state index is 11.9. The monoisotopic (exact) mass is 351 g/mol. The van der Waals surface area contributed by atoms with Crippen LogP contribution in [0.25, 0.3) is 6.08 Å². The van der Waals surface area contributed by atoms with Crippen LogP contribution in [0.15, 0.2) is 18.2 Å². The summed E-state index contributed by atoms with van der Waals surface area (Å²) in [6, 6.07) is 3.50. The van der Waals surface area contributed by atoms with Gasteiger partial charge >= 0.3 is 0 Å². The number of hydrogen-bond acceptors (Lipinski definition) is 6. The summed E-state index contributed by atoms with van der Waals surface area (Å²) >= 11 is 7.51. The fourth-order valence-corrected chi connectivity index (χ4v) is 2.95. The van der Waals surface area contributed by atoms with Crippen LogP contribution in [0.3, 0.4) is 0 Å². The SMILES string of the molecule is CCc1nnc(NC(=O)/C=C/c2cc(Cl)c3c(c2)OCCO3)s1. The number of aromatic nitrogens is 2. The van der Waals surface area contributed by atoms with Crippen molar-refractivity contribution in [3.8, 4) is 11.5 Å². The highest BCUT2D eigenvalue weighted by Crippen LogP contribution is 2.38. The molecule has 0 bridgehead atoms. The number of fused-ring (bicyclic) bond motifs is 1. The van der Waals surface area contributed by atoms with Gasteiger partial charge in [-0.05, 0) is 30.2 Å². The Hall–Kier alpha value is -2.12. The van der Waals surface area contributed by atoms with E-state index in [0.29, 0.717) is 34.9 Å². The van der Waals surface area contributed by atoms with Crippen LogP contribution in [0.1, 0.15) is 17.5 Å². The van der Waals surface area contributed by atoms with Crippen molar-refractivity contribution in [1.82, 2.24) is 10.2 Å². The van der Waals surface area contributed by atoms with Gasteiger partial charge in [0.2, 0.25) is 11.0 Å². The van der Waals surface area contributed by atoms with Crippen LogP contribution in [0.2, 0.25) is 5.02 Å². The summed E-state index contributed by atoms with van der Waals surface area (Å²) in [7, 11) is 0. The molecule has 2 heterocycles. The molecule has 0 spiro atoms. The molecule has 8 heteroatoms. The van der Waals surface area contributed by atoms with Crippen molar-refractivity contribution in [2.45, 2.75) is 13.3 Å². The van der Waals surface area contributed by atoms with E-state index in [1.54, 1.807) is 18.2 Å². The first-order valence-corrected chi connectivity index (χ1v) is 8.25. The number of nitrogens with one attached hydrogen (secondary N) is 1. The molecule has 120 valence electrons. The van der Waals surface area contributed by atoms with E-state index in [-0.39, 0.29) is 5.91 Å². The molecule has 0 radical (unpaired) electrons. The minimum absolute atomic E-state index is 0.283. The quantitative estimate of drug-likeness (QED) is 0.856. The molecule has 1 amide bonds.